The van der Waals surface area contributed by atoms with Crippen molar-refractivity contribution in [2.24, 2.45) is 0 Å². The fraction of sp³-hybridized carbons (Fsp3) is 0.538. The lowest BCUT2D eigenvalue weighted by Gasteiger charge is -2.27. The van der Waals surface area contributed by atoms with Crippen LogP contribution in [0.3, 0.4) is 0 Å². The van der Waals surface area contributed by atoms with Gasteiger partial charge in [-0.25, -0.2) is 8.78 Å². The van der Waals surface area contributed by atoms with E-state index in [-0.39, 0.29) is 0 Å². The van der Waals surface area contributed by atoms with Crippen molar-refractivity contribution in [3.8, 4) is 0 Å². The summed E-state index contributed by atoms with van der Waals surface area (Å²) in [5.74, 6) is -1.79. The van der Waals surface area contributed by atoms with Crippen LogP contribution in [0.5, 0.6) is 0 Å². The topological polar surface area (TPSA) is 35.5 Å². The third-order valence-corrected chi connectivity index (χ3v) is 3.26. The highest BCUT2D eigenvalue weighted by Crippen LogP contribution is 2.19. The molecule has 18 heavy (non-hydrogen) atoms. The van der Waals surface area contributed by atoms with Crippen LogP contribution in [0.4, 0.5) is 8.78 Å². The van der Waals surface area contributed by atoms with Gasteiger partial charge in [0.15, 0.2) is 11.6 Å². The van der Waals surface area contributed by atoms with Gasteiger partial charge in [-0.1, -0.05) is 6.07 Å². The molecule has 1 heterocycles. The average molecular weight is 256 g/mol. The first-order valence-electron chi connectivity index (χ1n) is 6.23. The van der Waals surface area contributed by atoms with E-state index in [0.717, 1.165) is 44.9 Å². The van der Waals surface area contributed by atoms with Gasteiger partial charge in [-0.05, 0) is 24.1 Å². The van der Waals surface area contributed by atoms with Crippen LogP contribution >= 0.6 is 0 Å². The van der Waals surface area contributed by atoms with Gasteiger partial charge in [-0.15, -0.1) is 0 Å². The monoisotopic (exact) mass is 256 g/mol. The maximum atomic E-state index is 13.0. The zero-order valence-corrected chi connectivity index (χ0v) is 10.2. The Kier molecular flexibility index (Phi) is 4.63. The Morgan fingerprint density at radius 2 is 1.94 bits per heavy atom. The van der Waals surface area contributed by atoms with E-state index in [2.05, 4.69) is 10.2 Å². The number of halogens is 2. The Labute approximate surface area is 105 Å². The molecule has 100 valence electrons. The number of benzene rings is 1. The minimum atomic E-state index is -0.909. The van der Waals surface area contributed by atoms with Crippen molar-refractivity contribution < 1.29 is 13.9 Å². The number of hydrogen-bond acceptors (Lipinski definition) is 3. The van der Waals surface area contributed by atoms with Crippen LogP contribution in [0.2, 0.25) is 0 Å². The van der Waals surface area contributed by atoms with Crippen molar-refractivity contribution in [1.29, 1.82) is 0 Å². The van der Waals surface area contributed by atoms with Gasteiger partial charge >= 0.3 is 0 Å². The second-order valence-corrected chi connectivity index (χ2v) is 4.57. The molecular formula is C13H18F2N2O. The molecule has 1 unspecified atom stereocenters. The van der Waals surface area contributed by atoms with Gasteiger partial charge in [-0.3, -0.25) is 0 Å². The van der Waals surface area contributed by atoms with Crippen molar-refractivity contribution in [2.45, 2.75) is 12.5 Å². The quantitative estimate of drug-likeness (QED) is 0.852. The minimum Gasteiger partial charge on any atom is -0.388 e. The summed E-state index contributed by atoms with van der Waals surface area (Å²) in [5, 5.41) is 13.2. The van der Waals surface area contributed by atoms with Gasteiger partial charge in [0, 0.05) is 32.7 Å². The van der Waals surface area contributed by atoms with E-state index in [1.807, 2.05) is 0 Å². The summed E-state index contributed by atoms with van der Waals surface area (Å²) in [6.07, 6.45) is -0.208. The van der Waals surface area contributed by atoms with Crippen LogP contribution < -0.4 is 5.32 Å². The zero-order valence-electron chi connectivity index (χ0n) is 10.2. The molecule has 1 aliphatic heterocycles. The van der Waals surface area contributed by atoms with Gasteiger partial charge in [0.1, 0.15) is 0 Å². The number of aliphatic hydroxyl groups is 1. The number of aliphatic hydroxyl groups excluding tert-OH is 1. The smallest absolute Gasteiger partial charge is 0.159 e. The number of hydrogen-bond donors (Lipinski definition) is 2. The van der Waals surface area contributed by atoms with E-state index in [9.17, 15) is 13.9 Å². The molecule has 1 aliphatic rings. The highest BCUT2D eigenvalue weighted by molar-refractivity contribution is 5.19. The van der Waals surface area contributed by atoms with E-state index in [0.29, 0.717) is 12.0 Å². The summed E-state index contributed by atoms with van der Waals surface area (Å²) in [4.78, 5) is 2.25. The van der Waals surface area contributed by atoms with E-state index >= 15 is 0 Å². The van der Waals surface area contributed by atoms with Crippen molar-refractivity contribution in [2.75, 3.05) is 32.7 Å². The predicted molar refractivity (Wildman–Crippen MR) is 65.2 cm³/mol. The molecule has 2 rings (SSSR count). The standard InChI is InChI=1S/C13H18F2N2O/c14-11-2-1-10(9-12(11)15)13(18)3-6-17-7-4-16-5-8-17/h1-2,9,13,16,18H,3-8H2. The molecule has 1 aromatic rings. The Bertz CT molecular complexity index is 395. The molecule has 1 atom stereocenters. The molecule has 1 saturated heterocycles. The molecule has 1 fully saturated rings. The van der Waals surface area contributed by atoms with E-state index in [4.69, 9.17) is 0 Å². The van der Waals surface area contributed by atoms with Crippen LogP contribution in [-0.4, -0.2) is 42.7 Å². The summed E-state index contributed by atoms with van der Waals surface area (Å²) < 4.78 is 25.8. The number of piperazine rings is 1. The van der Waals surface area contributed by atoms with Gasteiger partial charge in [0.2, 0.25) is 0 Å². The van der Waals surface area contributed by atoms with Gasteiger partial charge < -0.3 is 15.3 Å². The predicted octanol–water partition coefficient (Wildman–Crippen LogP) is 1.29. The van der Waals surface area contributed by atoms with Crippen LogP contribution in [-0.2, 0) is 0 Å². The lowest BCUT2D eigenvalue weighted by Crippen LogP contribution is -2.44. The Morgan fingerprint density at radius 3 is 2.61 bits per heavy atom. The molecule has 3 nitrogen and oxygen atoms in total. The van der Waals surface area contributed by atoms with E-state index < -0.39 is 17.7 Å². The molecule has 5 heteroatoms. The van der Waals surface area contributed by atoms with Gasteiger partial charge in [-0.2, -0.15) is 0 Å². The molecule has 0 aliphatic carbocycles. The van der Waals surface area contributed by atoms with Gasteiger partial charge in [0.25, 0.3) is 0 Å². The second kappa shape index (κ2) is 6.22. The molecule has 1 aromatic carbocycles. The lowest BCUT2D eigenvalue weighted by atomic mass is 10.1. The number of rotatable bonds is 4. The molecule has 0 aromatic heterocycles. The van der Waals surface area contributed by atoms with Crippen LogP contribution in [0.15, 0.2) is 18.2 Å². The fourth-order valence-corrected chi connectivity index (χ4v) is 2.13. The summed E-state index contributed by atoms with van der Waals surface area (Å²) in [5.41, 5.74) is 0.434. The fourth-order valence-electron chi connectivity index (χ4n) is 2.13. The highest BCUT2D eigenvalue weighted by atomic mass is 19.2. The normalized spacial score (nSPS) is 18.8. The van der Waals surface area contributed by atoms with Crippen LogP contribution in [0.25, 0.3) is 0 Å². The maximum Gasteiger partial charge on any atom is 0.159 e. The van der Waals surface area contributed by atoms with Crippen LogP contribution in [0, 0.1) is 11.6 Å². The molecular weight excluding hydrogens is 238 g/mol. The Hall–Kier alpha value is -1.04. The molecule has 2 N–H and O–H groups in total. The average Bonchev–Trinajstić information content (AvgIpc) is 2.40. The van der Waals surface area contributed by atoms with Gasteiger partial charge in [0.05, 0.1) is 6.10 Å². The largest absolute Gasteiger partial charge is 0.388 e. The summed E-state index contributed by atoms with van der Waals surface area (Å²) >= 11 is 0. The Balaban J connectivity index is 1.86. The molecule has 0 saturated carbocycles. The third kappa shape index (κ3) is 3.48. The van der Waals surface area contributed by atoms with Crippen LogP contribution in [0.1, 0.15) is 18.1 Å². The van der Waals surface area contributed by atoms with Crippen molar-refractivity contribution in [3.63, 3.8) is 0 Å². The zero-order chi connectivity index (χ0) is 13.0. The second-order valence-electron chi connectivity index (χ2n) is 4.57. The van der Waals surface area contributed by atoms with Crippen molar-refractivity contribution in [3.05, 3.63) is 35.4 Å². The highest BCUT2D eigenvalue weighted by Gasteiger charge is 2.14. The molecule has 0 radical (unpaired) electrons. The number of nitrogens with zero attached hydrogens (tertiary/aromatic N) is 1. The first-order chi connectivity index (χ1) is 8.66. The maximum absolute atomic E-state index is 13.0. The number of nitrogens with one attached hydrogen (secondary N) is 1. The molecule has 0 bridgehead atoms. The summed E-state index contributed by atoms with van der Waals surface area (Å²) in [6.45, 7) is 4.61. The molecule has 0 amide bonds. The van der Waals surface area contributed by atoms with Crippen molar-refractivity contribution >= 4 is 0 Å². The first-order valence-corrected chi connectivity index (χ1v) is 6.23. The SMILES string of the molecule is OC(CCN1CCNCC1)c1ccc(F)c(F)c1. The van der Waals surface area contributed by atoms with Crippen molar-refractivity contribution in [1.82, 2.24) is 10.2 Å². The van der Waals surface area contributed by atoms with E-state index in [1.165, 1.54) is 6.07 Å². The summed E-state index contributed by atoms with van der Waals surface area (Å²) in [6, 6.07) is 3.55. The molecule has 0 spiro atoms. The lowest BCUT2D eigenvalue weighted by molar-refractivity contribution is 0.136. The van der Waals surface area contributed by atoms with E-state index in [1.54, 1.807) is 0 Å². The Morgan fingerprint density at radius 1 is 1.22 bits per heavy atom. The third-order valence-electron chi connectivity index (χ3n) is 3.26. The first kappa shape index (κ1) is 13.4. The summed E-state index contributed by atoms with van der Waals surface area (Å²) in [7, 11) is 0. The minimum absolute atomic E-state index is 0.434.